The molecule has 27 heavy (non-hydrogen) atoms. The molecule has 1 fully saturated rings. The van der Waals surface area contributed by atoms with Crippen LogP contribution in [-0.4, -0.2) is 53.1 Å². The lowest BCUT2D eigenvalue weighted by atomic mass is 10.1. The fourth-order valence-corrected chi connectivity index (χ4v) is 3.60. The minimum atomic E-state index is 0.919. The van der Waals surface area contributed by atoms with Gasteiger partial charge in [0, 0.05) is 62.3 Å². The van der Waals surface area contributed by atoms with E-state index in [9.17, 15) is 0 Å². The van der Waals surface area contributed by atoms with Crippen LogP contribution in [0.4, 0.5) is 0 Å². The number of ether oxygens (including phenoxy) is 1. The van der Waals surface area contributed by atoms with Crippen molar-refractivity contribution in [3.05, 3.63) is 72.1 Å². The normalized spacial score (nSPS) is 15.7. The van der Waals surface area contributed by atoms with Crippen LogP contribution in [0, 0.1) is 0 Å². The van der Waals surface area contributed by atoms with Gasteiger partial charge >= 0.3 is 0 Å². The fourth-order valence-electron chi connectivity index (χ4n) is 3.60. The lowest BCUT2D eigenvalue weighted by Gasteiger charge is -2.34. The highest BCUT2D eigenvalue weighted by Crippen LogP contribution is 2.20. The number of para-hydroxylation sites is 1. The van der Waals surface area contributed by atoms with Crippen molar-refractivity contribution in [2.75, 3.05) is 33.3 Å². The van der Waals surface area contributed by atoms with Crippen LogP contribution >= 0.6 is 0 Å². The number of methoxy groups -OCH3 is 1. The number of imidazole rings is 1. The zero-order valence-electron chi connectivity index (χ0n) is 15.8. The third kappa shape index (κ3) is 4.38. The smallest absolute Gasteiger partial charge is 0.137 e. The zero-order valence-corrected chi connectivity index (χ0v) is 15.8. The van der Waals surface area contributed by atoms with E-state index in [1.165, 1.54) is 11.3 Å². The standard InChI is InChI=1S/C22H26N4O/c1-27-21-10-6-5-9-19(21)16-25-11-13-26(14-12-25)17-20-15-23-22(24-20)18-7-3-2-4-8-18/h2-10,15H,11-14,16-17H2,1H3,(H,23,24). The molecule has 1 aliphatic heterocycles. The number of H-pyrrole nitrogens is 1. The van der Waals surface area contributed by atoms with Crippen LogP contribution in [0.2, 0.25) is 0 Å². The van der Waals surface area contributed by atoms with Crippen LogP contribution in [0.15, 0.2) is 60.8 Å². The second-order valence-electron chi connectivity index (χ2n) is 6.99. The van der Waals surface area contributed by atoms with Crippen molar-refractivity contribution in [1.82, 2.24) is 19.8 Å². The molecule has 0 atom stereocenters. The highest BCUT2D eigenvalue weighted by molar-refractivity contribution is 5.54. The van der Waals surface area contributed by atoms with Gasteiger partial charge in [-0.2, -0.15) is 0 Å². The zero-order chi connectivity index (χ0) is 18.5. The average Bonchev–Trinajstić information content (AvgIpc) is 3.19. The van der Waals surface area contributed by atoms with Gasteiger partial charge < -0.3 is 9.72 Å². The molecular weight excluding hydrogens is 336 g/mol. The number of aromatic amines is 1. The van der Waals surface area contributed by atoms with Crippen LogP contribution in [0.5, 0.6) is 5.75 Å². The highest BCUT2D eigenvalue weighted by atomic mass is 16.5. The lowest BCUT2D eigenvalue weighted by Crippen LogP contribution is -2.45. The summed E-state index contributed by atoms with van der Waals surface area (Å²) in [6.07, 6.45) is 1.96. The number of benzene rings is 2. The molecule has 3 aromatic rings. The van der Waals surface area contributed by atoms with Gasteiger partial charge in [0.25, 0.3) is 0 Å². The van der Waals surface area contributed by atoms with E-state index in [4.69, 9.17) is 4.74 Å². The number of nitrogens with zero attached hydrogens (tertiary/aromatic N) is 3. The Balaban J connectivity index is 1.30. The Morgan fingerprint density at radius 2 is 1.56 bits per heavy atom. The first kappa shape index (κ1) is 17.8. The van der Waals surface area contributed by atoms with Crippen molar-refractivity contribution < 1.29 is 4.74 Å². The molecule has 1 saturated heterocycles. The Labute approximate surface area is 160 Å². The van der Waals surface area contributed by atoms with E-state index in [1.807, 2.05) is 36.5 Å². The summed E-state index contributed by atoms with van der Waals surface area (Å²) in [5, 5.41) is 0. The SMILES string of the molecule is COc1ccccc1CN1CCN(Cc2cnc(-c3ccccc3)[nH]2)CC1. The van der Waals surface area contributed by atoms with E-state index in [-0.39, 0.29) is 0 Å². The van der Waals surface area contributed by atoms with E-state index in [0.29, 0.717) is 0 Å². The summed E-state index contributed by atoms with van der Waals surface area (Å²) in [6.45, 7) is 6.13. The van der Waals surface area contributed by atoms with Crippen molar-refractivity contribution in [3.63, 3.8) is 0 Å². The minimum Gasteiger partial charge on any atom is -0.496 e. The summed E-state index contributed by atoms with van der Waals surface area (Å²) < 4.78 is 5.48. The molecule has 2 heterocycles. The van der Waals surface area contributed by atoms with Gasteiger partial charge in [0.1, 0.15) is 11.6 Å². The molecule has 0 aliphatic carbocycles. The van der Waals surface area contributed by atoms with Crippen molar-refractivity contribution in [3.8, 4) is 17.1 Å². The summed E-state index contributed by atoms with van der Waals surface area (Å²) >= 11 is 0. The van der Waals surface area contributed by atoms with Crippen LogP contribution in [0.1, 0.15) is 11.3 Å². The molecule has 0 radical (unpaired) electrons. The van der Waals surface area contributed by atoms with Crippen LogP contribution in [0.3, 0.4) is 0 Å². The molecule has 1 aliphatic rings. The molecule has 140 valence electrons. The highest BCUT2D eigenvalue weighted by Gasteiger charge is 2.19. The first-order valence-corrected chi connectivity index (χ1v) is 9.48. The predicted molar refractivity (Wildman–Crippen MR) is 108 cm³/mol. The van der Waals surface area contributed by atoms with E-state index in [1.54, 1.807) is 7.11 Å². The van der Waals surface area contributed by atoms with Gasteiger partial charge in [-0.05, 0) is 6.07 Å². The molecule has 1 aromatic heterocycles. The molecule has 0 amide bonds. The minimum absolute atomic E-state index is 0.919. The topological polar surface area (TPSA) is 44.4 Å². The third-order valence-corrected chi connectivity index (χ3v) is 5.12. The molecule has 5 nitrogen and oxygen atoms in total. The molecule has 0 bridgehead atoms. The Hall–Kier alpha value is -2.63. The van der Waals surface area contributed by atoms with Crippen molar-refractivity contribution in [2.45, 2.75) is 13.1 Å². The molecule has 0 spiro atoms. The van der Waals surface area contributed by atoms with Gasteiger partial charge in [-0.3, -0.25) is 9.80 Å². The van der Waals surface area contributed by atoms with Crippen LogP contribution in [0.25, 0.3) is 11.4 Å². The quantitative estimate of drug-likeness (QED) is 0.730. The van der Waals surface area contributed by atoms with E-state index < -0.39 is 0 Å². The second kappa shape index (κ2) is 8.37. The summed E-state index contributed by atoms with van der Waals surface area (Å²) in [4.78, 5) is 13.0. The molecule has 4 rings (SSSR count). The summed E-state index contributed by atoms with van der Waals surface area (Å²) in [6, 6.07) is 18.6. The van der Waals surface area contributed by atoms with Gasteiger partial charge in [0.05, 0.1) is 7.11 Å². The molecule has 5 heteroatoms. The average molecular weight is 362 g/mol. The first-order chi connectivity index (χ1) is 13.3. The monoisotopic (exact) mass is 362 g/mol. The van der Waals surface area contributed by atoms with Crippen molar-refractivity contribution >= 4 is 0 Å². The van der Waals surface area contributed by atoms with Crippen LogP contribution < -0.4 is 4.74 Å². The molecule has 2 aromatic carbocycles. The van der Waals surface area contributed by atoms with Gasteiger partial charge in [-0.1, -0.05) is 48.5 Å². The second-order valence-corrected chi connectivity index (χ2v) is 6.99. The van der Waals surface area contributed by atoms with Crippen LogP contribution in [-0.2, 0) is 13.1 Å². The Morgan fingerprint density at radius 3 is 2.30 bits per heavy atom. The number of nitrogens with one attached hydrogen (secondary N) is 1. The first-order valence-electron chi connectivity index (χ1n) is 9.48. The van der Waals surface area contributed by atoms with Gasteiger partial charge in [-0.15, -0.1) is 0 Å². The largest absolute Gasteiger partial charge is 0.496 e. The van der Waals surface area contributed by atoms with Gasteiger partial charge in [0.15, 0.2) is 0 Å². The Bertz CT molecular complexity index is 854. The van der Waals surface area contributed by atoms with E-state index in [0.717, 1.165) is 56.4 Å². The van der Waals surface area contributed by atoms with E-state index in [2.05, 4.69) is 44.0 Å². The maximum Gasteiger partial charge on any atom is 0.137 e. The van der Waals surface area contributed by atoms with Crippen molar-refractivity contribution in [1.29, 1.82) is 0 Å². The van der Waals surface area contributed by atoms with Crippen molar-refractivity contribution in [2.24, 2.45) is 0 Å². The molecule has 1 N–H and O–H groups in total. The van der Waals surface area contributed by atoms with Gasteiger partial charge in [0.2, 0.25) is 0 Å². The maximum absolute atomic E-state index is 5.48. The molecular formula is C22H26N4O. The number of hydrogen-bond acceptors (Lipinski definition) is 4. The number of piperazine rings is 1. The summed E-state index contributed by atoms with van der Waals surface area (Å²) in [5.74, 6) is 1.92. The predicted octanol–water partition coefficient (Wildman–Crippen LogP) is 3.40. The molecule has 0 unspecified atom stereocenters. The fraction of sp³-hybridized carbons (Fsp3) is 0.318. The Morgan fingerprint density at radius 1 is 0.889 bits per heavy atom. The number of aromatic nitrogens is 2. The number of rotatable bonds is 6. The number of hydrogen-bond donors (Lipinski definition) is 1. The maximum atomic E-state index is 5.48. The summed E-state index contributed by atoms with van der Waals surface area (Å²) in [7, 11) is 1.74. The summed E-state index contributed by atoms with van der Waals surface area (Å²) in [5.41, 5.74) is 3.56. The third-order valence-electron chi connectivity index (χ3n) is 5.12. The Kier molecular flexibility index (Phi) is 5.51. The lowest BCUT2D eigenvalue weighted by molar-refractivity contribution is 0.120. The molecule has 0 saturated carbocycles. The van der Waals surface area contributed by atoms with E-state index >= 15 is 0 Å². The van der Waals surface area contributed by atoms with Gasteiger partial charge in [-0.25, -0.2) is 4.98 Å².